The van der Waals surface area contributed by atoms with Crippen LogP contribution in [0.25, 0.3) is 0 Å². The van der Waals surface area contributed by atoms with E-state index in [4.69, 9.17) is 22.1 Å². The maximum atomic E-state index is 5.81. The van der Waals surface area contributed by atoms with Gasteiger partial charge in [-0.25, -0.2) is 4.98 Å². The van der Waals surface area contributed by atoms with E-state index < -0.39 is 0 Å². The van der Waals surface area contributed by atoms with Crippen molar-refractivity contribution in [2.75, 3.05) is 5.73 Å². The predicted octanol–water partition coefficient (Wildman–Crippen LogP) is 4.19. The SMILES string of the molecule is CCC(C)(C)c1ccc(Oc2cc(Cl)nc(N)n2)cc1. The van der Waals surface area contributed by atoms with Gasteiger partial charge in [-0.2, -0.15) is 4.98 Å². The zero-order valence-electron chi connectivity index (χ0n) is 11.9. The summed E-state index contributed by atoms with van der Waals surface area (Å²) in [6.45, 7) is 6.61. The zero-order valence-corrected chi connectivity index (χ0v) is 12.6. The number of anilines is 1. The fourth-order valence-electron chi connectivity index (χ4n) is 1.77. The molecule has 1 aromatic carbocycles. The summed E-state index contributed by atoms with van der Waals surface area (Å²) >= 11 is 5.81. The van der Waals surface area contributed by atoms with E-state index in [0.717, 1.165) is 6.42 Å². The van der Waals surface area contributed by atoms with Crippen molar-refractivity contribution < 1.29 is 4.74 Å². The van der Waals surface area contributed by atoms with Gasteiger partial charge in [-0.15, -0.1) is 0 Å². The summed E-state index contributed by atoms with van der Waals surface area (Å²) in [5.41, 5.74) is 6.95. The Morgan fingerprint density at radius 1 is 1.20 bits per heavy atom. The average Bonchev–Trinajstić information content (AvgIpc) is 2.38. The third-order valence-electron chi connectivity index (χ3n) is 3.43. The van der Waals surface area contributed by atoms with Crippen molar-refractivity contribution in [2.45, 2.75) is 32.6 Å². The Hall–Kier alpha value is -1.81. The van der Waals surface area contributed by atoms with E-state index in [-0.39, 0.29) is 16.5 Å². The highest BCUT2D eigenvalue weighted by atomic mass is 35.5. The minimum Gasteiger partial charge on any atom is -0.439 e. The number of rotatable bonds is 4. The van der Waals surface area contributed by atoms with Gasteiger partial charge < -0.3 is 10.5 Å². The molecule has 2 rings (SSSR count). The summed E-state index contributed by atoms with van der Waals surface area (Å²) in [5.74, 6) is 1.12. The molecule has 20 heavy (non-hydrogen) atoms. The summed E-state index contributed by atoms with van der Waals surface area (Å²) in [5, 5.41) is 0.260. The van der Waals surface area contributed by atoms with Crippen molar-refractivity contribution in [1.29, 1.82) is 0 Å². The first kappa shape index (κ1) is 14.6. The fraction of sp³-hybridized carbons (Fsp3) is 0.333. The number of aromatic nitrogens is 2. The second kappa shape index (κ2) is 5.67. The third-order valence-corrected chi connectivity index (χ3v) is 3.62. The first-order chi connectivity index (χ1) is 9.40. The Balaban J connectivity index is 2.19. The molecular formula is C15H18ClN3O. The lowest BCUT2D eigenvalue weighted by atomic mass is 9.82. The van der Waals surface area contributed by atoms with Gasteiger partial charge >= 0.3 is 0 Å². The molecule has 0 atom stereocenters. The Labute approximate surface area is 124 Å². The van der Waals surface area contributed by atoms with Crippen molar-refractivity contribution in [2.24, 2.45) is 0 Å². The maximum Gasteiger partial charge on any atom is 0.225 e. The number of nitrogens with two attached hydrogens (primary N) is 1. The van der Waals surface area contributed by atoms with Crippen LogP contribution in [0.15, 0.2) is 30.3 Å². The monoisotopic (exact) mass is 291 g/mol. The lowest BCUT2D eigenvalue weighted by Gasteiger charge is -2.23. The molecule has 0 unspecified atom stereocenters. The highest BCUT2D eigenvalue weighted by molar-refractivity contribution is 6.29. The summed E-state index contributed by atoms with van der Waals surface area (Å²) in [7, 11) is 0. The van der Waals surface area contributed by atoms with Gasteiger partial charge in [0.25, 0.3) is 0 Å². The fourth-order valence-corrected chi connectivity index (χ4v) is 1.95. The molecular weight excluding hydrogens is 274 g/mol. The van der Waals surface area contributed by atoms with Crippen LogP contribution in [0.3, 0.4) is 0 Å². The van der Waals surface area contributed by atoms with Crippen molar-refractivity contribution in [3.8, 4) is 11.6 Å². The smallest absolute Gasteiger partial charge is 0.225 e. The van der Waals surface area contributed by atoms with E-state index in [1.807, 2.05) is 12.1 Å². The molecule has 106 valence electrons. The lowest BCUT2D eigenvalue weighted by Crippen LogP contribution is -2.14. The molecule has 1 heterocycles. The number of nitrogen functional groups attached to an aromatic ring is 1. The summed E-state index contributed by atoms with van der Waals surface area (Å²) in [6.07, 6.45) is 1.07. The van der Waals surface area contributed by atoms with Crippen LogP contribution >= 0.6 is 11.6 Å². The molecule has 0 bridgehead atoms. The standard InChI is InChI=1S/C15H18ClN3O/c1-4-15(2,3)10-5-7-11(8-6-10)20-13-9-12(16)18-14(17)19-13/h5-9H,4H2,1-3H3,(H2,17,18,19). The minimum absolute atomic E-state index is 0.0937. The summed E-state index contributed by atoms with van der Waals surface area (Å²) in [6, 6.07) is 9.48. The van der Waals surface area contributed by atoms with Gasteiger partial charge in [0.2, 0.25) is 11.8 Å². The highest BCUT2D eigenvalue weighted by Gasteiger charge is 2.17. The molecule has 0 saturated carbocycles. The summed E-state index contributed by atoms with van der Waals surface area (Å²) < 4.78 is 5.63. The molecule has 0 amide bonds. The molecule has 0 saturated heterocycles. The molecule has 4 nitrogen and oxygen atoms in total. The zero-order chi connectivity index (χ0) is 14.8. The number of halogens is 1. The van der Waals surface area contributed by atoms with Crippen molar-refractivity contribution in [3.05, 3.63) is 41.0 Å². The van der Waals surface area contributed by atoms with Crippen LogP contribution in [0, 0.1) is 0 Å². The quantitative estimate of drug-likeness (QED) is 0.858. The number of nitrogens with zero attached hydrogens (tertiary/aromatic N) is 2. The van der Waals surface area contributed by atoms with Gasteiger partial charge in [-0.1, -0.05) is 44.5 Å². The maximum absolute atomic E-state index is 5.81. The molecule has 0 aliphatic carbocycles. The van der Waals surface area contributed by atoms with Gasteiger partial charge in [-0.05, 0) is 29.5 Å². The van der Waals surface area contributed by atoms with Gasteiger partial charge in [0.1, 0.15) is 10.9 Å². The Morgan fingerprint density at radius 2 is 1.85 bits per heavy atom. The van der Waals surface area contributed by atoms with E-state index in [1.165, 1.54) is 11.6 Å². The van der Waals surface area contributed by atoms with Crippen LogP contribution in [0.1, 0.15) is 32.8 Å². The van der Waals surface area contributed by atoms with Crippen molar-refractivity contribution in [3.63, 3.8) is 0 Å². The number of benzene rings is 1. The van der Waals surface area contributed by atoms with Crippen molar-refractivity contribution >= 4 is 17.5 Å². The van der Waals surface area contributed by atoms with E-state index in [9.17, 15) is 0 Å². The van der Waals surface area contributed by atoms with Crippen LogP contribution in [-0.2, 0) is 5.41 Å². The van der Waals surface area contributed by atoms with Crippen LogP contribution in [-0.4, -0.2) is 9.97 Å². The third kappa shape index (κ3) is 3.39. The van der Waals surface area contributed by atoms with Crippen LogP contribution < -0.4 is 10.5 Å². The van der Waals surface area contributed by atoms with Crippen molar-refractivity contribution in [1.82, 2.24) is 9.97 Å². The molecule has 5 heteroatoms. The van der Waals surface area contributed by atoms with Crippen LogP contribution in [0.5, 0.6) is 11.6 Å². The second-order valence-electron chi connectivity index (χ2n) is 5.25. The van der Waals surface area contributed by atoms with Crippen LogP contribution in [0.4, 0.5) is 5.95 Å². The first-order valence-corrected chi connectivity index (χ1v) is 6.87. The largest absolute Gasteiger partial charge is 0.439 e. The molecule has 0 aliphatic heterocycles. The van der Waals surface area contributed by atoms with E-state index in [2.05, 4.69) is 42.9 Å². The van der Waals surface area contributed by atoms with Gasteiger partial charge in [0.15, 0.2) is 0 Å². The van der Waals surface area contributed by atoms with Crippen LogP contribution in [0.2, 0.25) is 5.15 Å². The predicted molar refractivity (Wildman–Crippen MR) is 81.3 cm³/mol. The summed E-state index contributed by atoms with van der Waals surface area (Å²) in [4.78, 5) is 7.76. The highest BCUT2D eigenvalue weighted by Crippen LogP contribution is 2.29. The Morgan fingerprint density at radius 3 is 2.40 bits per heavy atom. The molecule has 0 fully saturated rings. The number of hydrogen-bond donors (Lipinski definition) is 1. The number of hydrogen-bond acceptors (Lipinski definition) is 4. The lowest BCUT2D eigenvalue weighted by molar-refractivity contribution is 0.460. The average molecular weight is 292 g/mol. The second-order valence-corrected chi connectivity index (χ2v) is 5.64. The normalized spacial score (nSPS) is 11.4. The molecule has 1 aromatic heterocycles. The van der Waals surface area contributed by atoms with Gasteiger partial charge in [0.05, 0.1) is 0 Å². The molecule has 2 N–H and O–H groups in total. The Bertz CT molecular complexity index is 576. The number of ether oxygens (including phenoxy) is 1. The molecule has 0 spiro atoms. The van der Waals surface area contributed by atoms with Gasteiger partial charge in [-0.3, -0.25) is 0 Å². The first-order valence-electron chi connectivity index (χ1n) is 6.49. The van der Waals surface area contributed by atoms with E-state index >= 15 is 0 Å². The Kier molecular flexibility index (Phi) is 4.14. The molecule has 0 aliphatic rings. The van der Waals surface area contributed by atoms with E-state index in [0.29, 0.717) is 11.6 Å². The van der Waals surface area contributed by atoms with E-state index in [1.54, 1.807) is 0 Å². The topological polar surface area (TPSA) is 61.0 Å². The molecule has 2 aromatic rings. The van der Waals surface area contributed by atoms with Gasteiger partial charge in [0, 0.05) is 6.07 Å². The molecule has 0 radical (unpaired) electrons. The minimum atomic E-state index is 0.0937.